The standard InChI is InChI=1S/C42H66O15/c1-19(2)9-12-26-42(18-43)27(34(50)55-26)21-10-11-24-39(6)15-14-25(38(4,5)23(39)13-16-40(24,7)41(21,8)37(51)57-42)56-36-33(49)31(47)29(45)22(54-36)17-52-35-32(48)30(46)28(44)20(3)53-35/h9,20-33,35-36,43-49H,10-18H2,1-8H3/t20-,21+,22+,23?,24?,25-,26+,27+,28-,29+,30+,31-,32+,33+,35+,36-,39-,40+,41-,42-/m0/s1. The van der Waals surface area contributed by atoms with E-state index in [1.165, 1.54) is 6.92 Å². The Morgan fingerprint density at radius 2 is 1.47 bits per heavy atom. The van der Waals surface area contributed by atoms with Gasteiger partial charge in [-0.05, 0) is 100 Å². The van der Waals surface area contributed by atoms with Gasteiger partial charge in [-0.25, -0.2) is 0 Å². The lowest BCUT2D eigenvalue weighted by atomic mass is 9.34. The van der Waals surface area contributed by atoms with Crippen LogP contribution in [0, 0.1) is 45.3 Å². The van der Waals surface area contributed by atoms with Gasteiger partial charge in [0.25, 0.3) is 0 Å². The summed E-state index contributed by atoms with van der Waals surface area (Å²) in [6, 6.07) is 0. The van der Waals surface area contributed by atoms with Gasteiger partial charge in [0.1, 0.15) is 54.7 Å². The largest absolute Gasteiger partial charge is 0.457 e. The van der Waals surface area contributed by atoms with Crippen LogP contribution in [0.4, 0.5) is 0 Å². The quantitative estimate of drug-likeness (QED) is 0.105. The maximum absolute atomic E-state index is 14.6. The minimum atomic E-state index is -1.64. The zero-order valence-electron chi connectivity index (χ0n) is 34.6. The maximum Gasteiger partial charge on any atom is 0.314 e. The van der Waals surface area contributed by atoms with Crippen molar-refractivity contribution in [3.63, 3.8) is 0 Å². The van der Waals surface area contributed by atoms with Crippen molar-refractivity contribution in [1.29, 1.82) is 0 Å². The van der Waals surface area contributed by atoms with Gasteiger partial charge in [-0.3, -0.25) is 9.59 Å². The fraction of sp³-hybridized carbons (Fsp3) is 0.905. The van der Waals surface area contributed by atoms with E-state index in [0.29, 0.717) is 25.7 Å². The molecule has 0 amide bonds. The van der Waals surface area contributed by atoms with Crippen molar-refractivity contribution in [2.75, 3.05) is 13.2 Å². The maximum atomic E-state index is 14.6. The highest BCUT2D eigenvalue weighted by Crippen LogP contribution is 2.75. The van der Waals surface area contributed by atoms with Crippen molar-refractivity contribution in [3.05, 3.63) is 11.6 Å². The lowest BCUT2D eigenvalue weighted by Gasteiger charge is -2.71. The predicted molar refractivity (Wildman–Crippen MR) is 199 cm³/mol. The molecular weight excluding hydrogens is 744 g/mol. The number of hydrogen-bond donors (Lipinski definition) is 7. The van der Waals surface area contributed by atoms with Crippen LogP contribution in [0.5, 0.6) is 0 Å². The predicted octanol–water partition coefficient (Wildman–Crippen LogP) is 1.48. The van der Waals surface area contributed by atoms with Crippen LogP contribution >= 0.6 is 0 Å². The molecule has 324 valence electrons. The Morgan fingerprint density at radius 3 is 2.14 bits per heavy atom. The average molecular weight is 811 g/mol. The molecule has 2 unspecified atom stereocenters. The number of fused-ring (bicyclic) bond motifs is 7. The van der Waals surface area contributed by atoms with Crippen molar-refractivity contribution >= 4 is 11.9 Å². The lowest BCUT2D eigenvalue weighted by molar-refractivity contribution is -0.344. The summed E-state index contributed by atoms with van der Waals surface area (Å²) in [5, 5.41) is 74.3. The normalized spacial score (nSPS) is 53.0. The topological polar surface area (TPSA) is 231 Å². The molecule has 0 spiro atoms. The van der Waals surface area contributed by atoms with Gasteiger partial charge in [0.15, 0.2) is 18.2 Å². The van der Waals surface area contributed by atoms with Crippen LogP contribution in [-0.2, 0) is 38.0 Å². The summed E-state index contributed by atoms with van der Waals surface area (Å²) < 4.78 is 36.1. The first kappa shape index (κ1) is 43.3. The molecule has 57 heavy (non-hydrogen) atoms. The molecule has 0 bridgehead atoms. The molecule has 0 radical (unpaired) electrons. The summed E-state index contributed by atoms with van der Waals surface area (Å²) in [6.45, 7) is 15.3. The van der Waals surface area contributed by atoms with Crippen molar-refractivity contribution in [2.45, 2.75) is 180 Å². The van der Waals surface area contributed by atoms with E-state index in [1.54, 1.807) is 0 Å². The molecule has 0 aromatic heterocycles. The second kappa shape index (κ2) is 15.0. The number of carbonyl (C=O) groups excluding carboxylic acids is 2. The number of carbonyl (C=O) groups is 2. The van der Waals surface area contributed by atoms with Crippen LogP contribution < -0.4 is 0 Å². The Kier molecular flexibility index (Phi) is 11.4. The fourth-order valence-corrected chi connectivity index (χ4v) is 13.1. The number of allylic oxidation sites excluding steroid dienone is 1. The Balaban J connectivity index is 1.08. The average Bonchev–Trinajstić information content (AvgIpc) is 3.43. The number of cyclic esters (lactones) is 1. The van der Waals surface area contributed by atoms with E-state index in [4.69, 9.17) is 28.4 Å². The summed E-state index contributed by atoms with van der Waals surface area (Å²) in [5.74, 6) is -1.70. The van der Waals surface area contributed by atoms with Crippen molar-refractivity contribution in [1.82, 2.24) is 0 Å². The molecule has 7 N–H and O–H groups in total. The molecule has 4 aliphatic heterocycles. The molecule has 7 aliphatic rings. The molecule has 3 aliphatic carbocycles. The van der Waals surface area contributed by atoms with Crippen LogP contribution in [0.3, 0.4) is 0 Å². The molecule has 3 saturated carbocycles. The first-order valence-electron chi connectivity index (χ1n) is 20.9. The highest BCUT2D eigenvalue weighted by atomic mass is 16.7. The van der Waals surface area contributed by atoms with Gasteiger partial charge >= 0.3 is 11.9 Å². The lowest BCUT2D eigenvalue weighted by Crippen LogP contribution is -2.72. The highest BCUT2D eigenvalue weighted by molar-refractivity contribution is 5.86. The molecule has 7 rings (SSSR count). The van der Waals surface area contributed by atoms with Crippen LogP contribution in [0.2, 0.25) is 0 Å². The zero-order chi connectivity index (χ0) is 41.8. The number of hydrogen-bond acceptors (Lipinski definition) is 15. The van der Waals surface area contributed by atoms with Crippen LogP contribution in [0.15, 0.2) is 11.6 Å². The van der Waals surface area contributed by atoms with Crippen molar-refractivity contribution < 1.29 is 73.8 Å². The summed E-state index contributed by atoms with van der Waals surface area (Å²) in [7, 11) is 0. The Morgan fingerprint density at radius 1 is 0.807 bits per heavy atom. The zero-order valence-corrected chi connectivity index (χ0v) is 34.6. The Bertz CT molecular complexity index is 1570. The van der Waals surface area contributed by atoms with E-state index < -0.39 is 114 Å². The molecule has 4 heterocycles. The molecule has 0 aromatic rings. The SMILES string of the molecule is CC(C)=CC[C@H]1OC(=O)[C@H]2[C@H]3CCC4[C@@]5(C)CC[C@H](O[C@@H]6O[C@H](CO[C@@H]7O[C@@H](C)[C@H](O)[C@@H](O)[C@H]7O)[C@@H](O)[C@H](O)[C@H]6O)C(C)(C)C5CC[C@@]4(C)[C@]3(C)C(=O)O[C@@]12CO. The Labute approximate surface area is 335 Å². The number of aliphatic hydroxyl groups excluding tert-OH is 7. The van der Waals surface area contributed by atoms with Gasteiger partial charge < -0.3 is 64.2 Å². The highest BCUT2D eigenvalue weighted by Gasteiger charge is 2.77. The van der Waals surface area contributed by atoms with Gasteiger partial charge in [0.05, 0.1) is 30.8 Å². The van der Waals surface area contributed by atoms with Crippen LogP contribution in [0.1, 0.15) is 100 Å². The number of rotatable bonds is 8. The molecule has 20 atom stereocenters. The third-order valence-electron chi connectivity index (χ3n) is 16.6. The van der Waals surface area contributed by atoms with Crippen LogP contribution in [0.25, 0.3) is 0 Å². The monoisotopic (exact) mass is 810 g/mol. The van der Waals surface area contributed by atoms with Crippen molar-refractivity contribution in [3.8, 4) is 0 Å². The Hall–Kier alpha value is -1.76. The van der Waals surface area contributed by atoms with E-state index in [1.807, 2.05) is 26.8 Å². The molecule has 7 fully saturated rings. The summed E-state index contributed by atoms with van der Waals surface area (Å²) in [5.41, 5.74) is -2.64. The van der Waals surface area contributed by atoms with Gasteiger partial charge in [0.2, 0.25) is 0 Å². The smallest absolute Gasteiger partial charge is 0.314 e. The third kappa shape index (κ3) is 6.39. The van der Waals surface area contributed by atoms with E-state index in [2.05, 4.69) is 27.7 Å². The van der Waals surface area contributed by atoms with Crippen LogP contribution in [-0.4, -0.2) is 140 Å². The summed E-state index contributed by atoms with van der Waals surface area (Å²) >= 11 is 0. The summed E-state index contributed by atoms with van der Waals surface area (Å²) in [6.07, 6.45) is -8.62. The van der Waals surface area contributed by atoms with Gasteiger partial charge in [-0.15, -0.1) is 0 Å². The summed E-state index contributed by atoms with van der Waals surface area (Å²) in [4.78, 5) is 28.4. The fourth-order valence-electron chi connectivity index (χ4n) is 13.1. The van der Waals surface area contributed by atoms with Gasteiger partial charge in [0, 0.05) is 6.42 Å². The van der Waals surface area contributed by atoms with E-state index in [9.17, 15) is 45.3 Å². The van der Waals surface area contributed by atoms with E-state index in [-0.39, 0.29) is 35.7 Å². The molecule has 0 aromatic carbocycles. The minimum Gasteiger partial charge on any atom is -0.457 e. The molecule has 4 saturated heterocycles. The molecular formula is C42H66O15. The number of esters is 2. The van der Waals surface area contributed by atoms with E-state index in [0.717, 1.165) is 24.8 Å². The number of ether oxygens (including phenoxy) is 6. The molecule has 15 heteroatoms. The second-order valence-corrected chi connectivity index (χ2v) is 19.9. The molecule has 15 nitrogen and oxygen atoms in total. The first-order chi connectivity index (χ1) is 26.6. The van der Waals surface area contributed by atoms with Gasteiger partial charge in [-0.2, -0.15) is 0 Å². The van der Waals surface area contributed by atoms with Crippen molar-refractivity contribution in [2.24, 2.45) is 45.3 Å². The van der Waals surface area contributed by atoms with E-state index >= 15 is 0 Å². The van der Waals surface area contributed by atoms with Gasteiger partial charge in [-0.1, -0.05) is 39.3 Å². The second-order valence-electron chi connectivity index (χ2n) is 19.9. The first-order valence-corrected chi connectivity index (χ1v) is 20.9. The number of aliphatic hydroxyl groups is 7. The third-order valence-corrected chi connectivity index (χ3v) is 16.6. The minimum absolute atomic E-state index is 0.0908.